The van der Waals surface area contributed by atoms with Crippen LogP contribution < -0.4 is 0 Å². The summed E-state index contributed by atoms with van der Waals surface area (Å²) in [4.78, 5) is 19.6. The van der Waals surface area contributed by atoms with Gasteiger partial charge in [-0.2, -0.15) is 0 Å². The molecule has 0 fully saturated rings. The summed E-state index contributed by atoms with van der Waals surface area (Å²) in [6, 6.07) is 16.5. The smallest absolute Gasteiger partial charge is 0.178 e. The molecule has 0 bridgehead atoms. The number of aromatic nitrogens is 4. The summed E-state index contributed by atoms with van der Waals surface area (Å²) in [6.45, 7) is 2.76. The number of hydrogen-bond donors (Lipinski definition) is 1. The Morgan fingerprint density at radius 2 is 1.96 bits per heavy atom. The van der Waals surface area contributed by atoms with Crippen molar-refractivity contribution in [3.05, 3.63) is 77.9 Å². The van der Waals surface area contributed by atoms with Crippen molar-refractivity contribution >= 4 is 10.9 Å². The Balaban J connectivity index is 1.38. The van der Waals surface area contributed by atoms with Crippen molar-refractivity contribution < 1.29 is 0 Å². The molecular weight excluding hydrogens is 322 g/mol. The Bertz CT molecular complexity index is 1020. The van der Waals surface area contributed by atoms with Gasteiger partial charge in [0.1, 0.15) is 5.69 Å². The average molecular weight is 341 g/mol. The average Bonchev–Trinajstić information content (AvgIpc) is 3.10. The lowest BCUT2D eigenvalue weighted by Crippen LogP contribution is -2.31. The molecule has 26 heavy (non-hydrogen) atoms. The van der Waals surface area contributed by atoms with Crippen molar-refractivity contribution in [3.8, 4) is 11.5 Å². The Hall–Kier alpha value is -3.05. The lowest BCUT2D eigenvalue weighted by Gasteiger charge is -2.27. The summed E-state index contributed by atoms with van der Waals surface area (Å²) >= 11 is 0. The third-order valence-corrected chi connectivity index (χ3v) is 4.90. The third kappa shape index (κ3) is 2.86. The predicted octanol–water partition coefficient (Wildman–Crippen LogP) is 3.58. The molecular formula is C21H19N5. The molecule has 1 N–H and O–H groups in total. The number of hydrogen-bond acceptors (Lipinski definition) is 4. The van der Waals surface area contributed by atoms with Crippen LogP contribution in [0.2, 0.25) is 0 Å². The van der Waals surface area contributed by atoms with Crippen LogP contribution in [0.15, 0.2) is 60.9 Å². The minimum atomic E-state index is 0.705. The maximum atomic E-state index is 4.79. The van der Waals surface area contributed by atoms with Crippen LogP contribution in [0.4, 0.5) is 0 Å². The van der Waals surface area contributed by atoms with E-state index < -0.39 is 0 Å². The number of pyridine rings is 1. The highest BCUT2D eigenvalue weighted by molar-refractivity contribution is 5.80. The van der Waals surface area contributed by atoms with E-state index in [0.717, 1.165) is 37.4 Å². The molecule has 5 nitrogen and oxygen atoms in total. The molecule has 0 aliphatic carbocycles. The normalized spacial score (nSPS) is 14.5. The van der Waals surface area contributed by atoms with E-state index >= 15 is 0 Å². The van der Waals surface area contributed by atoms with Gasteiger partial charge in [-0.1, -0.05) is 24.3 Å². The fraction of sp³-hybridized carbons (Fsp3) is 0.190. The molecule has 0 saturated heterocycles. The summed E-state index contributed by atoms with van der Waals surface area (Å²) in [5, 5.41) is 1.26. The van der Waals surface area contributed by atoms with Crippen LogP contribution in [0.5, 0.6) is 0 Å². The van der Waals surface area contributed by atoms with E-state index in [4.69, 9.17) is 4.98 Å². The van der Waals surface area contributed by atoms with Gasteiger partial charge in [0.05, 0.1) is 5.69 Å². The lowest BCUT2D eigenvalue weighted by atomic mass is 10.1. The van der Waals surface area contributed by atoms with Gasteiger partial charge in [0, 0.05) is 43.2 Å². The zero-order chi connectivity index (χ0) is 17.3. The SMILES string of the molecule is c1ccc(-c2ncc3c(n2)CN(Cc2cc4ccccc4[nH]2)CC3)nc1. The second kappa shape index (κ2) is 6.35. The molecule has 4 aromatic rings. The molecule has 4 heterocycles. The summed E-state index contributed by atoms with van der Waals surface area (Å²) in [5.74, 6) is 0.705. The van der Waals surface area contributed by atoms with Crippen molar-refractivity contribution in [2.45, 2.75) is 19.5 Å². The first kappa shape index (κ1) is 15.2. The van der Waals surface area contributed by atoms with E-state index in [1.54, 1.807) is 6.20 Å². The number of nitrogens with one attached hydrogen (secondary N) is 1. The number of benzene rings is 1. The van der Waals surface area contributed by atoms with Crippen molar-refractivity contribution in [2.24, 2.45) is 0 Å². The highest BCUT2D eigenvalue weighted by atomic mass is 15.1. The molecule has 1 aromatic carbocycles. The van der Waals surface area contributed by atoms with Crippen molar-refractivity contribution in [3.63, 3.8) is 0 Å². The molecule has 1 aliphatic heterocycles. The van der Waals surface area contributed by atoms with Gasteiger partial charge < -0.3 is 4.98 Å². The van der Waals surface area contributed by atoms with E-state index in [9.17, 15) is 0 Å². The molecule has 3 aromatic heterocycles. The first-order valence-electron chi connectivity index (χ1n) is 8.90. The molecule has 0 spiro atoms. The number of para-hydroxylation sites is 1. The van der Waals surface area contributed by atoms with Crippen LogP contribution in [-0.2, 0) is 19.5 Å². The zero-order valence-electron chi connectivity index (χ0n) is 14.4. The van der Waals surface area contributed by atoms with Gasteiger partial charge in [-0.25, -0.2) is 9.97 Å². The second-order valence-corrected chi connectivity index (χ2v) is 6.72. The Labute approximate surface area is 151 Å². The van der Waals surface area contributed by atoms with E-state index in [1.165, 1.54) is 22.2 Å². The summed E-state index contributed by atoms with van der Waals surface area (Å²) in [6.07, 6.45) is 4.73. The topological polar surface area (TPSA) is 57.7 Å². The molecule has 0 saturated carbocycles. The Morgan fingerprint density at radius 1 is 1.04 bits per heavy atom. The number of fused-ring (bicyclic) bond motifs is 2. The van der Waals surface area contributed by atoms with Crippen LogP contribution in [0.25, 0.3) is 22.4 Å². The summed E-state index contributed by atoms with van der Waals surface area (Å²) in [5.41, 5.74) is 5.62. The number of H-pyrrole nitrogens is 1. The van der Waals surface area contributed by atoms with E-state index in [-0.39, 0.29) is 0 Å². The van der Waals surface area contributed by atoms with Crippen LogP contribution in [0, 0.1) is 0 Å². The zero-order valence-corrected chi connectivity index (χ0v) is 14.4. The monoisotopic (exact) mass is 341 g/mol. The molecule has 1 aliphatic rings. The standard InChI is InChI=1S/C21H19N5/c1-2-6-18-15(5-1)11-17(24-18)13-26-10-8-16-12-23-21(25-20(16)14-26)19-7-3-4-9-22-19/h1-7,9,11-12,24H,8,10,13-14H2. The number of nitrogens with zero attached hydrogens (tertiary/aromatic N) is 4. The van der Waals surface area contributed by atoms with Gasteiger partial charge in [0.2, 0.25) is 0 Å². The first-order chi connectivity index (χ1) is 12.8. The fourth-order valence-electron chi connectivity index (χ4n) is 3.57. The van der Waals surface area contributed by atoms with E-state index in [1.807, 2.05) is 24.4 Å². The highest BCUT2D eigenvalue weighted by Crippen LogP contribution is 2.22. The minimum Gasteiger partial charge on any atom is -0.357 e. The molecule has 0 radical (unpaired) electrons. The number of aromatic amines is 1. The van der Waals surface area contributed by atoms with Crippen LogP contribution in [-0.4, -0.2) is 31.4 Å². The predicted molar refractivity (Wildman–Crippen MR) is 101 cm³/mol. The second-order valence-electron chi connectivity index (χ2n) is 6.72. The van der Waals surface area contributed by atoms with Gasteiger partial charge in [-0.15, -0.1) is 0 Å². The summed E-state index contributed by atoms with van der Waals surface area (Å²) in [7, 11) is 0. The van der Waals surface area contributed by atoms with Crippen LogP contribution >= 0.6 is 0 Å². The molecule has 0 amide bonds. The maximum Gasteiger partial charge on any atom is 0.178 e. The van der Waals surface area contributed by atoms with E-state index in [2.05, 4.69) is 50.2 Å². The van der Waals surface area contributed by atoms with Gasteiger partial charge >= 0.3 is 0 Å². The highest BCUT2D eigenvalue weighted by Gasteiger charge is 2.19. The minimum absolute atomic E-state index is 0.705. The molecule has 0 unspecified atom stereocenters. The molecule has 0 atom stereocenters. The van der Waals surface area contributed by atoms with Gasteiger partial charge in [-0.3, -0.25) is 9.88 Å². The van der Waals surface area contributed by atoms with Crippen molar-refractivity contribution in [1.82, 2.24) is 24.8 Å². The Kier molecular flexibility index (Phi) is 3.72. The van der Waals surface area contributed by atoms with E-state index in [0.29, 0.717) is 5.82 Å². The van der Waals surface area contributed by atoms with Crippen molar-refractivity contribution in [1.29, 1.82) is 0 Å². The van der Waals surface area contributed by atoms with Gasteiger partial charge in [-0.05, 0) is 41.6 Å². The van der Waals surface area contributed by atoms with Crippen LogP contribution in [0.3, 0.4) is 0 Å². The Morgan fingerprint density at radius 3 is 2.85 bits per heavy atom. The van der Waals surface area contributed by atoms with Crippen molar-refractivity contribution in [2.75, 3.05) is 6.54 Å². The van der Waals surface area contributed by atoms with Gasteiger partial charge in [0.15, 0.2) is 5.82 Å². The first-order valence-corrected chi connectivity index (χ1v) is 8.90. The van der Waals surface area contributed by atoms with Crippen LogP contribution in [0.1, 0.15) is 17.0 Å². The lowest BCUT2D eigenvalue weighted by molar-refractivity contribution is 0.239. The molecule has 5 rings (SSSR count). The maximum absolute atomic E-state index is 4.79. The molecule has 128 valence electrons. The largest absolute Gasteiger partial charge is 0.357 e. The summed E-state index contributed by atoms with van der Waals surface area (Å²) < 4.78 is 0. The molecule has 5 heteroatoms. The quantitative estimate of drug-likeness (QED) is 0.619. The third-order valence-electron chi connectivity index (χ3n) is 4.90. The number of rotatable bonds is 3. The van der Waals surface area contributed by atoms with Gasteiger partial charge in [0.25, 0.3) is 0 Å². The fourth-order valence-corrected chi connectivity index (χ4v) is 3.57.